The van der Waals surface area contributed by atoms with Crippen LogP contribution in [0.3, 0.4) is 0 Å². The van der Waals surface area contributed by atoms with Gasteiger partial charge in [-0.1, -0.05) is 0 Å². The number of nitrogens with two attached hydrogens (primary N) is 1. The molecule has 20 heavy (non-hydrogen) atoms. The number of fused-ring (bicyclic) bond motifs is 1. The Hall–Kier alpha value is -2.89. The zero-order chi connectivity index (χ0) is 14.1. The van der Waals surface area contributed by atoms with E-state index in [1.807, 2.05) is 0 Å². The van der Waals surface area contributed by atoms with E-state index in [0.29, 0.717) is 34.1 Å². The highest BCUT2D eigenvalue weighted by Gasteiger charge is 2.09. The van der Waals surface area contributed by atoms with Crippen molar-refractivity contribution in [2.45, 2.75) is 6.92 Å². The quantitative estimate of drug-likeness (QED) is 0.744. The van der Waals surface area contributed by atoms with Crippen molar-refractivity contribution in [1.29, 1.82) is 0 Å². The minimum absolute atomic E-state index is 0.301. The Morgan fingerprint density at radius 2 is 2.15 bits per heavy atom. The number of hydrogen-bond acceptors (Lipinski definition) is 5. The summed E-state index contributed by atoms with van der Waals surface area (Å²) in [7, 11) is 0. The minimum atomic E-state index is -0.301. The predicted molar refractivity (Wildman–Crippen MR) is 75.3 cm³/mol. The average molecular weight is 268 g/mol. The van der Waals surface area contributed by atoms with E-state index < -0.39 is 0 Å². The van der Waals surface area contributed by atoms with Crippen LogP contribution in [-0.2, 0) is 0 Å². The molecule has 0 bridgehead atoms. The Morgan fingerprint density at radius 1 is 1.30 bits per heavy atom. The molecule has 0 radical (unpaired) electrons. The molecule has 0 aliphatic carbocycles. The lowest BCUT2D eigenvalue weighted by Crippen LogP contribution is -2.13. The first-order chi connectivity index (χ1) is 9.61. The number of oxazole rings is 1. The van der Waals surface area contributed by atoms with Crippen LogP contribution in [0.5, 0.6) is 0 Å². The number of carbonyl (C=O) groups excluding carboxylic acids is 1. The molecule has 3 N–H and O–H groups in total. The fraction of sp³-hybridized carbons (Fsp3) is 0.0714. The Labute approximate surface area is 114 Å². The van der Waals surface area contributed by atoms with E-state index in [4.69, 9.17) is 10.2 Å². The number of nitrogen functional groups attached to an aromatic ring is 1. The van der Waals surface area contributed by atoms with Gasteiger partial charge in [0.2, 0.25) is 0 Å². The van der Waals surface area contributed by atoms with Crippen molar-refractivity contribution in [3.8, 4) is 0 Å². The lowest BCUT2D eigenvalue weighted by Gasteiger charge is -2.04. The molecule has 0 saturated carbocycles. The third kappa shape index (κ3) is 2.31. The predicted octanol–water partition coefficient (Wildman–Crippen LogP) is 2.37. The van der Waals surface area contributed by atoms with Crippen molar-refractivity contribution < 1.29 is 9.21 Å². The van der Waals surface area contributed by atoms with E-state index in [1.54, 1.807) is 37.3 Å². The highest BCUT2D eigenvalue weighted by Crippen LogP contribution is 2.20. The standard InChI is InChI=1S/C14H12N4O2/c1-8-17-12-6-10(3-5-13(12)20-8)18-14(19)11-4-2-9(15)7-16-11/h2-7H,15H2,1H3,(H,18,19). The van der Waals surface area contributed by atoms with Gasteiger partial charge in [-0.15, -0.1) is 0 Å². The molecule has 3 rings (SSSR count). The molecule has 3 aromatic rings. The van der Waals surface area contributed by atoms with E-state index in [0.717, 1.165) is 0 Å². The molecule has 0 unspecified atom stereocenters. The van der Waals surface area contributed by atoms with Gasteiger partial charge >= 0.3 is 0 Å². The Balaban J connectivity index is 1.84. The maximum Gasteiger partial charge on any atom is 0.274 e. The summed E-state index contributed by atoms with van der Waals surface area (Å²) in [5.74, 6) is 0.285. The van der Waals surface area contributed by atoms with E-state index in [1.165, 1.54) is 6.20 Å². The van der Waals surface area contributed by atoms with Crippen LogP contribution in [0.15, 0.2) is 40.9 Å². The molecular formula is C14H12N4O2. The second-order valence-electron chi connectivity index (χ2n) is 4.35. The number of nitrogens with zero attached hydrogens (tertiary/aromatic N) is 2. The van der Waals surface area contributed by atoms with Crippen LogP contribution in [0.25, 0.3) is 11.1 Å². The molecule has 0 aliphatic rings. The number of aryl methyl sites for hydroxylation is 1. The molecule has 6 heteroatoms. The second-order valence-corrected chi connectivity index (χ2v) is 4.35. The van der Waals surface area contributed by atoms with E-state index in [9.17, 15) is 4.79 Å². The van der Waals surface area contributed by atoms with E-state index >= 15 is 0 Å². The van der Waals surface area contributed by atoms with Crippen LogP contribution in [0.2, 0.25) is 0 Å². The first kappa shape index (κ1) is 12.2. The van der Waals surface area contributed by atoms with Crippen molar-refractivity contribution >= 4 is 28.4 Å². The highest BCUT2D eigenvalue weighted by molar-refractivity contribution is 6.03. The lowest BCUT2D eigenvalue weighted by molar-refractivity contribution is 0.102. The molecule has 6 nitrogen and oxygen atoms in total. The molecule has 2 aromatic heterocycles. The molecular weight excluding hydrogens is 256 g/mol. The number of benzene rings is 1. The largest absolute Gasteiger partial charge is 0.441 e. The van der Waals surface area contributed by atoms with Crippen molar-refractivity contribution in [3.05, 3.63) is 48.1 Å². The average Bonchev–Trinajstić information content (AvgIpc) is 2.78. The van der Waals surface area contributed by atoms with Gasteiger partial charge in [0.1, 0.15) is 11.2 Å². The number of hydrogen-bond donors (Lipinski definition) is 2. The number of pyridine rings is 1. The van der Waals surface area contributed by atoms with Gasteiger partial charge in [0, 0.05) is 12.6 Å². The number of carbonyl (C=O) groups is 1. The van der Waals surface area contributed by atoms with E-state index in [2.05, 4.69) is 15.3 Å². The molecule has 0 aliphatic heterocycles. The van der Waals surface area contributed by atoms with Crippen LogP contribution < -0.4 is 11.1 Å². The molecule has 0 saturated heterocycles. The van der Waals surface area contributed by atoms with Crippen molar-refractivity contribution in [2.24, 2.45) is 0 Å². The number of anilines is 2. The van der Waals surface area contributed by atoms with Crippen LogP contribution in [0, 0.1) is 6.92 Å². The molecule has 1 aromatic carbocycles. The fourth-order valence-corrected chi connectivity index (χ4v) is 1.86. The summed E-state index contributed by atoms with van der Waals surface area (Å²) in [5.41, 5.74) is 8.37. The number of rotatable bonds is 2. The molecule has 0 atom stereocenters. The molecule has 0 spiro atoms. The second kappa shape index (κ2) is 4.65. The zero-order valence-electron chi connectivity index (χ0n) is 10.8. The molecule has 0 fully saturated rings. The fourth-order valence-electron chi connectivity index (χ4n) is 1.86. The summed E-state index contributed by atoms with van der Waals surface area (Å²) in [4.78, 5) is 20.2. The SMILES string of the molecule is Cc1nc2cc(NC(=O)c3ccc(N)cn3)ccc2o1. The number of amides is 1. The summed E-state index contributed by atoms with van der Waals surface area (Å²) < 4.78 is 5.38. The summed E-state index contributed by atoms with van der Waals surface area (Å²) in [5, 5.41) is 2.76. The normalized spacial score (nSPS) is 10.7. The number of aromatic nitrogens is 2. The molecule has 100 valence electrons. The number of nitrogens with one attached hydrogen (secondary N) is 1. The Kier molecular flexibility index (Phi) is 2.83. The van der Waals surface area contributed by atoms with Gasteiger partial charge < -0.3 is 15.5 Å². The van der Waals surface area contributed by atoms with Gasteiger partial charge in [-0.2, -0.15) is 0 Å². The summed E-state index contributed by atoms with van der Waals surface area (Å²) in [6, 6.07) is 8.47. The van der Waals surface area contributed by atoms with Crippen LogP contribution in [0.1, 0.15) is 16.4 Å². The maximum absolute atomic E-state index is 12.0. The zero-order valence-corrected chi connectivity index (χ0v) is 10.8. The summed E-state index contributed by atoms with van der Waals surface area (Å²) in [6.07, 6.45) is 1.44. The lowest BCUT2D eigenvalue weighted by atomic mass is 10.2. The van der Waals surface area contributed by atoms with Gasteiger partial charge in [0.15, 0.2) is 11.5 Å². The Bertz CT molecular complexity index is 777. The van der Waals surface area contributed by atoms with Crippen molar-refractivity contribution in [3.63, 3.8) is 0 Å². The van der Waals surface area contributed by atoms with Gasteiger partial charge in [-0.3, -0.25) is 4.79 Å². The smallest absolute Gasteiger partial charge is 0.274 e. The Morgan fingerprint density at radius 3 is 2.90 bits per heavy atom. The summed E-state index contributed by atoms with van der Waals surface area (Å²) in [6.45, 7) is 1.77. The van der Waals surface area contributed by atoms with E-state index in [-0.39, 0.29) is 5.91 Å². The third-order valence-corrected chi connectivity index (χ3v) is 2.77. The molecule has 1 amide bonds. The third-order valence-electron chi connectivity index (χ3n) is 2.77. The van der Waals surface area contributed by atoms with Crippen LogP contribution in [-0.4, -0.2) is 15.9 Å². The molecule has 2 heterocycles. The monoisotopic (exact) mass is 268 g/mol. The van der Waals surface area contributed by atoms with Crippen LogP contribution >= 0.6 is 0 Å². The van der Waals surface area contributed by atoms with Crippen molar-refractivity contribution in [1.82, 2.24) is 9.97 Å². The topological polar surface area (TPSA) is 94.0 Å². The van der Waals surface area contributed by atoms with Gasteiger partial charge in [-0.05, 0) is 30.3 Å². The van der Waals surface area contributed by atoms with Gasteiger partial charge in [0.05, 0.1) is 11.9 Å². The van der Waals surface area contributed by atoms with Crippen LogP contribution in [0.4, 0.5) is 11.4 Å². The van der Waals surface area contributed by atoms with Gasteiger partial charge in [-0.25, -0.2) is 9.97 Å². The first-order valence-corrected chi connectivity index (χ1v) is 6.02. The first-order valence-electron chi connectivity index (χ1n) is 6.02. The maximum atomic E-state index is 12.0. The van der Waals surface area contributed by atoms with Gasteiger partial charge in [0.25, 0.3) is 5.91 Å². The minimum Gasteiger partial charge on any atom is -0.441 e. The van der Waals surface area contributed by atoms with Crippen molar-refractivity contribution in [2.75, 3.05) is 11.1 Å². The highest BCUT2D eigenvalue weighted by atomic mass is 16.3. The summed E-state index contributed by atoms with van der Waals surface area (Å²) >= 11 is 0.